The maximum Gasteiger partial charge on any atom is 0.253 e. The molecule has 1 amide bonds. The molecule has 1 unspecified atom stereocenters. The quantitative estimate of drug-likeness (QED) is 0.830. The second-order valence-corrected chi connectivity index (χ2v) is 5.37. The fourth-order valence-corrected chi connectivity index (χ4v) is 1.99. The third-order valence-electron chi connectivity index (χ3n) is 3.39. The van der Waals surface area contributed by atoms with E-state index in [1.54, 1.807) is 11.0 Å². The Morgan fingerprint density at radius 2 is 1.95 bits per heavy atom. The zero-order valence-electron chi connectivity index (χ0n) is 12.6. The molecule has 1 atom stereocenters. The predicted octanol–water partition coefficient (Wildman–Crippen LogP) is 2.45. The van der Waals surface area contributed by atoms with Crippen molar-refractivity contribution in [3.8, 4) is 0 Å². The van der Waals surface area contributed by atoms with Crippen molar-refractivity contribution in [3.05, 3.63) is 23.8 Å². The summed E-state index contributed by atoms with van der Waals surface area (Å²) >= 11 is 0. The number of hydrogen-bond acceptors (Lipinski definition) is 3. The molecule has 106 valence electrons. The summed E-state index contributed by atoms with van der Waals surface area (Å²) in [6.07, 6.45) is 1.07. The van der Waals surface area contributed by atoms with Crippen LogP contribution in [0.25, 0.3) is 0 Å². The van der Waals surface area contributed by atoms with Crippen LogP contribution in [0.1, 0.15) is 30.6 Å². The number of hydrogen-bond donors (Lipinski definition) is 1. The lowest BCUT2D eigenvalue weighted by atomic mass is 10.1. The molecule has 0 bridgehead atoms. The highest BCUT2D eigenvalue weighted by molar-refractivity contribution is 5.96. The smallest absolute Gasteiger partial charge is 0.253 e. The Labute approximate surface area is 116 Å². The van der Waals surface area contributed by atoms with Crippen LogP contribution < -0.4 is 10.6 Å². The van der Waals surface area contributed by atoms with Gasteiger partial charge in [-0.25, -0.2) is 0 Å². The molecular weight excluding hydrogens is 238 g/mol. The molecule has 0 fully saturated rings. The predicted molar refractivity (Wildman–Crippen MR) is 81.6 cm³/mol. The number of nitrogens with two attached hydrogens (primary N) is 1. The maximum absolute atomic E-state index is 12.3. The van der Waals surface area contributed by atoms with Gasteiger partial charge in [-0.05, 0) is 24.1 Å². The molecule has 4 nitrogen and oxygen atoms in total. The molecule has 1 rings (SSSR count). The molecular formula is C15H25N3O. The van der Waals surface area contributed by atoms with Crippen molar-refractivity contribution in [2.45, 2.75) is 20.3 Å². The Bertz CT molecular complexity index is 443. The molecule has 0 spiro atoms. The van der Waals surface area contributed by atoms with Crippen molar-refractivity contribution >= 4 is 17.3 Å². The third kappa shape index (κ3) is 3.88. The fourth-order valence-electron chi connectivity index (χ4n) is 1.99. The van der Waals surface area contributed by atoms with Crippen LogP contribution in [-0.2, 0) is 0 Å². The van der Waals surface area contributed by atoms with Gasteiger partial charge in [0.25, 0.3) is 5.91 Å². The van der Waals surface area contributed by atoms with E-state index in [4.69, 9.17) is 5.73 Å². The summed E-state index contributed by atoms with van der Waals surface area (Å²) in [7, 11) is 5.70. The first-order valence-electron chi connectivity index (χ1n) is 6.69. The molecule has 0 aromatic heterocycles. The zero-order chi connectivity index (χ0) is 14.6. The molecule has 1 aromatic carbocycles. The van der Waals surface area contributed by atoms with Gasteiger partial charge in [0, 0.05) is 33.3 Å². The largest absolute Gasteiger partial charge is 0.397 e. The van der Waals surface area contributed by atoms with Gasteiger partial charge < -0.3 is 15.5 Å². The van der Waals surface area contributed by atoms with E-state index in [1.165, 1.54) is 0 Å². The van der Waals surface area contributed by atoms with Crippen LogP contribution in [0, 0.1) is 5.92 Å². The Kier molecular flexibility index (Phi) is 5.21. The van der Waals surface area contributed by atoms with Gasteiger partial charge in [-0.1, -0.05) is 20.3 Å². The van der Waals surface area contributed by atoms with E-state index in [0.29, 0.717) is 17.2 Å². The highest BCUT2D eigenvalue weighted by atomic mass is 16.2. The highest BCUT2D eigenvalue weighted by Crippen LogP contribution is 2.23. The minimum absolute atomic E-state index is 0.0253. The molecule has 0 saturated carbocycles. The number of amides is 1. The zero-order valence-corrected chi connectivity index (χ0v) is 12.6. The van der Waals surface area contributed by atoms with E-state index >= 15 is 0 Å². The third-order valence-corrected chi connectivity index (χ3v) is 3.39. The first kappa shape index (κ1) is 15.3. The number of rotatable bonds is 5. The van der Waals surface area contributed by atoms with Gasteiger partial charge in [0.1, 0.15) is 0 Å². The summed E-state index contributed by atoms with van der Waals surface area (Å²) in [5, 5.41) is 0. The van der Waals surface area contributed by atoms with Crippen LogP contribution in [0.3, 0.4) is 0 Å². The summed E-state index contributed by atoms with van der Waals surface area (Å²) in [6.45, 7) is 5.05. The van der Waals surface area contributed by atoms with Gasteiger partial charge in [0.2, 0.25) is 0 Å². The summed E-state index contributed by atoms with van der Waals surface area (Å²) in [4.78, 5) is 16.0. The van der Waals surface area contributed by atoms with Crippen molar-refractivity contribution in [3.63, 3.8) is 0 Å². The molecule has 0 aliphatic heterocycles. The molecule has 2 N–H and O–H groups in total. The molecule has 0 aliphatic rings. The molecule has 0 radical (unpaired) electrons. The van der Waals surface area contributed by atoms with Crippen LogP contribution in [0.5, 0.6) is 0 Å². The normalized spacial score (nSPS) is 12.1. The number of carbonyl (C=O) groups is 1. The topological polar surface area (TPSA) is 49.6 Å². The van der Waals surface area contributed by atoms with E-state index in [1.807, 2.05) is 38.2 Å². The Morgan fingerprint density at radius 1 is 1.32 bits per heavy atom. The number of benzene rings is 1. The van der Waals surface area contributed by atoms with Crippen LogP contribution in [0.15, 0.2) is 18.2 Å². The van der Waals surface area contributed by atoms with Crippen molar-refractivity contribution in [1.29, 1.82) is 0 Å². The number of nitrogen functional groups attached to an aromatic ring is 1. The van der Waals surface area contributed by atoms with Gasteiger partial charge in [-0.2, -0.15) is 0 Å². The van der Waals surface area contributed by atoms with Gasteiger partial charge >= 0.3 is 0 Å². The van der Waals surface area contributed by atoms with E-state index < -0.39 is 0 Å². The van der Waals surface area contributed by atoms with Crippen LogP contribution >= 0.6 is 0 Å². The first-order valence-corrected chi connectivity index (χ1v) is 6.69. The Hall–Kier alpha value is -1.71. The van der Waals surface area contributed by atoms with E-state index in [2.05, 4.69) is 13.8 Å². The minimum atomic E-state index is 0.0253. The average molecular weight is 263 g/mol. The highest BCUT2D eigenvalue weighted by Gasteiger charge is 2.15. The average Bonchev–Trinajstić information content (AvgIpc) is 2.36. The summed E-state index contributed by atoms with van der Waals surface area (Å²) in [5.74, 6) is 0.532. The van der Waals surface area contributed by atoms with Crippen LogP contribution in [-0.4, -0.2) is 38.5 Å². The van der Waals surface area contributed by atoms with E-state index in [9.17, 15) is 4.79 Å². The summed E-state index contributed by atoms with van der Waals surface area (Å²) < 4.78 is 0. The number of nitrogens with zero attached hydrogens (tertiary/aromatic N) is 2. The SMILES string of the molecule is CCC(C)CN(C)C(=O)c1ccc(N(C)C)c(N)c1. The summed E-state index contributed by atoms with van der Waals surface area (Å²) in [6, 6.07) is 5.48. The van der Waals surface area contributed by atoms with Gasteiger partial charge in [-0.3, -0.25) is 4.79 Å². The van der Waals surface area contributed by atoms with E-state index in [0.717, 1.165) is 18.7 Å². The van der Waals surface area contributed by atoms with Crippen molar-refractivity contribution in [2.24, 2.45) is 5.92 Å². The van der Waals surface area contributed by atoms with Crippen molar-refractivity contribution < 1.29 is 4.79 Å². The van der Waals surface area contributed by atoms with Crippen molar-refractivity contribution in [2.75, 3.05) is 38.3 Å². The molecule has 1 aromatic rings. The maximum atomic E-state index is 12.3. The van der Waals surface area contributed by atoms with Crippen molar-refractivity contribution in [1.82, 2.24) is 4.90 Å². The van der Waals surface area contributed by atoms with Crippen LogP contribution in [0.2, 0.25) is 0 Å². The summed E-state index contributed by atoms with van der Waals surface area (Å²) in [5.41, 5.74) is 8.19. The second kappa shape index (κ2) is 6.45. The monoisotopic (exact) mass is 263 g/mol. The molecule has 0 saturated heterocycles. The lowest BCUT2D eigenvalue weighted by Crippen LogP contribution is -2.31. The molecule has 0 heterocycles. The second-order valence-electron chi connectivity index (χ2n) is 5.37. The first-order chi connectivity index (χ1) is 8.86. The minimum Gasteiger partial charge on any atom is -0.397 e. The van der Waals surface area contributed by atoms with Gasteiger partial charge in [-0.15, -0.1) is 0 Å². The molecule has 19 heavy (non-hydrogen) atoms. The Morgan fingerprint density at radius 3 is 2.42 bits per heavy atom. The number of anilines is 2. The fraction of sp³-hybridized carbons (Fsp3) is 0.533. The molecule has 4 heteroatoms. The molecule has 0 aliphatic carbocycles. The van der Waals surface area contributed by atoms with Crippen LogP contribution in [0.4, 0.5) is 11.4 Å². The lowest BCUT2D eigenvalue weighted by molar-refractivity contribution is 0.0775. The van der Waals surface area contributed by atoms with Gasteiger partial charge in [0.15, 0.2) is 0 Å². The standard InChI is InChI=1S/C15H25N3O/c1-6-11(2)10-18(5)15(19)12-7-8-14(17(3)4)13(16)9-12/h7-9,11H,6,10,16H2,1-5H3. The number of carbonyl (C=O) groups excluding carboxylic acids is 1. The lowest BCUT2D eigenvalue weighted by Gasteiger charge is -2.22. The Balaban J connectivity index is 2.86. The van der Waals surface area contributed by atoms with Gasteiger partial charge in [0.05, 0.1) is 11.4 Å². The van der Waals surface area contributed by atoms with E-state index in [-0.39, 0.29) is 5.91 Å².